The van der Waals surface area contributed by atoms with E-state index in [1.54, 1.807) is 0 Å². The molecule has 4 N–H and O–H groups in total. The Morgan fingerprint density at radius 3 is 2.55 bits per heavy atom. The molecule has 0 fully saturated rings. The molecule has 0 saturated heterocycles. The molecule has 0 saturated carbocycles. The van der Waals surface area contributed by atoms with Gasteiger partial charge in [0.2, 0.25) is 0 Å². The van der Waals surface area contributed by atoms with E-state index >= 15 is 0 Å². The highest BCUT2D eigenvalue weighted by Crippen LogP contribution is 2.26. The fourth-order valence-corrected chi connectivity index (χ4v) is 2.92. The van der Waals surface area contributed by atoms with Crippen molar-refractivity contribution in [3.8, 4) is 0 Å². The molecule has 9 heteroatoms. The molecule has 20 heavy (non-hydrogen) atoms. The Bertz CT molecular complexity index is 746. The standard InChI is InChI=1S/C11H10BrF2N3O2S/c12-8-2-11(10(14)3-9(8)13)17-20(18,19)7-1-6(4-15)16-5-7/h1-3,5,16-17H,4,15H2. The average molecular weight is 366 g/mol. The summed E-state index contributed by atoms with van der Waals surface area (Å²) in [6.07, 6.45) is 1.24. The van der Waals surface area contributed by atoms with E-state index < -0.39 is 21.7 Å². The van der Waals surface area contributed by atoms with Crippen molar-refractivity contribution in [3.63, 3.8) is 0 Å². The minimum Gasteiger partial charge on any atom is -0.363 e. The van der Waals surface area contributed by atoms with Gasteiger partial charge in [-0.1, -0.05) is 0 Å². The van der Waals surface area contributed by atoms with Gasteiger partial charge in [0.25, 0.3) is 10.0 Å². The molecule has 0 aliphatic heterocycles. The molecule has 0 spiro atoms. The number of H-pyrrole nitrogens is 1. The topological polar surface area (TPSA) is 88.0 Å². The second-order valence-corrected chi connectivity index (χ2v) is 6.45. The van der Waals surface area contributed by atoms with Gasteiger partial charge in [0.1, 0.15) is 16.5 Å². The molecule has 2 rings (SSSR count). The molecular formula is C11H10BrF2N3O2S. The molecule has 1 aromatic heterocycles. The van der Waals surface area contributed by atoms with E-state index in [0.717, 1.165) is 6.07 Å². The zero-order valence-corrected chi connectivity index (χ0v) is 12.4. The predicted octanol–water partition coefficient (Wildman–Crippen LogP) is 2.31. The lowest BCUT2D eigenvalue weighted by atomic mass is 10.3. The molecule has 0 aliphatic rings. The van der Waals surface area contributed by atoms with E-state index in [1.807, 2.05) is 4.72 Å². The number of aromatic nitrogens is 1. The van der Waals surface area contributed by atoms with E-state index in [1.165, 1.54) is 12.3 Å². The summed E-state index contributed by atoms with van der Waals surface area (Å²) in [4.78, 5) is 2.59. The van der Waals surface area contributed by atoms with Gasteiger partial charge in [-0.3, -0.25) is 4.72 Å². The van der Waals surface area contributed by atoms with Gasteiger partial charge < -0.3 is 10.7 Å². The summed E-state index contributed by atoms with van der Waals surface area (Å²) >= 11 is 2.86. The van der Waals surface area contributed by atoms with Crippen LogP contribution in [0.3, 0.4) is 0 Å². The SMILES string of the molecule is NCc1cc(S(=O)(=O)Nc2cc(Br)c(F)cc2F)c[nH]1. The Labute approximate surface area is 122 Å². The summed E-state index contributed by atoms with van der Waals surface area (Å²) in [5, 5.41) is 0. The van der Waals surface area contributed by atoms with Gasteiger partial charge >= 0.3 is 0 Å². The minimum absolute atomic E-state index is 0.0479. The van der Waals surface area contributed by atoms with Crippen LogP contribution >= 0.6 is 15.9 Å². The molecular weight excluding hydrogens is 356 g/mol. The molecule has 108 valence electrons. The van der Waals surface area contributed by atoms with Crippen molar-refractivity contribution in [2.45, 2.75) is 11.4 Å². The molecule has 0 unspecified atom stereocenters. The van der Waals surface area contributed by atoms with Crippen LogP contribution in [0.4, 0.5) is 14.5 Å². The fraction of sp³-hybridized carbons (Fsp3) is 0.0909. The molecule has 0 atom stereocenters. The summed E-state index contributed by atoms with van der Waals surface area (Å²) in [5.41, 5.74) is 5.53. The van der Waals surface area contributed by atoms with Crippen molar-refractivity contribution >= 4 is 31.6 Å². The van der Waals surface area contributed by atoms with Crippen LogP contribution in [0.5, 0.6) is 0 Å². The number of anilines is 1. The van der Waals surface area contributed by atoms with Crippen LogP contribution in [0.2, 0.25) is 0 Å². The number of rotatable bonds is 4. The molecule has 0 aliphatic carbocycles. The van der Waals surface area contributed by atoms with Gasteiger partial charge in [-0.2, -0.15) is 0 Å². The van der Waals surface area contributed by atoms with Crippen LogP contribution in [-0.4, -0.2) is 13.4 Å². The highest BCUT2D eigenvalue weighted by atomic mass is 79.9. The normalized spacial score (nSPS) is 11.6. The molecule has 0 amide bonds. The van der Waals surface area contributed by atoms with E-state index in [0.29, 0.717) is 11.8 Å². The maximum absolute atomic E-state index is 13.5. The Kier molecular flexibility index (Phi) is 4.11. The Morgan fingerprint density at radius 1 is 1.25 bits per heavy atom. The van der Waals surface area contributed by atoms with Gasteiger partial charge in [-0.15, -0.1) is 0 Å². The smallest absolute Gasteiger partial charge is 0.263 e. The maximum Gasteiger partial charge on any atom is 0.263 e. The first-order valence-corrected chi connectivity index (χ1v) is 7.66. The lowest BCUT2D eigenvalue weighted by Crippen LogP contribution is -2.13. The number of halogens is 3. The highest BCUT2D eigenvalue weighted by molar-refractivity contribution is 9.10. The lowest BCUT2D eigenvalue weighted by molar-refractivity contribution is 0.579. The van der Waals surface area contributed by atoms with Crippen LogP contribution in [0.25, 0.3) is 0 Å². The van der Waals surface area contributed by atoms with Crippen LogP contribution < -0.4 is 10.5 Å². The molecule has 0 radical (unpaired) electrons. The van der Waals surface area contributed by atoms with Crippen molar-refractivity contribution in [1.29, 1.82) is 0 Å². The number of hydrogen-bond acceptors (Lipinski definition) is 3. The summed E-state index contributed by atoms with van der Waals surface area (Å²) in [6.45, 7) is 0.145. The first-order chi connectivity index (χ1) is 9.33. The zero-order chi connectivity index (χ0) is 14.9. The van der Waals surface area contributed by atoms with Crippen molar-refractivity contribution in [1.82, 2.24) is 4.98 Å². The predicted molar refractivity (Wildman–Crippen MR) is 73.6 cm³/mol. The third-order valence-electron chi connectivity index (χ3n) is 2.50. The van der Waals surface area contributed by atoms with Crippen LogP contribution in [0, 0.1) is 11.6 Å². The second kappa shape index (κ2) is 5.51. The van der Waals surface area contributed by atoms with E-state index in [9.17, 15) is 17.2 Å². The van der Waals surface area contributed by atoms with E-state index in [4.69, 9.17) is 5.73 Å². The van der Waals surface area contributed by atoms with E-state index in [-0.39, 0.29) is 21.6 Å². The average Bonchev–Trinajstić information content (AvgIpc) is 2.85. The first-order valence-electron chi connectivity index (χ1n) is 5.38. The second-order valence-electron chi connectivity index (χ2n) is 3.92. The first kappa shape index (κ1) is 14.9. The minimum atomic E-state index is -3.97. The van der Waals surface area contributed by atoms with Crippen LogP contribution in [0.15, 0.2) is 33.8 Å². The molecule has 1 aromatic carbocycles. The highest BCUT2D eigenvalue weighted by Gasteiger charge is 2.19. The molecule has 1 heterocycles. The van der Waals surface area contributed by atoms with Crippen LogP contribution in [0.1, 0.15) is 5.69 Å². The molecule has 0 bridgehead atoms. The van der Waals surface area contributed by atoms with Crippen molar-refractivity contribution in [2.24, 2.45) is 5.73 Å². The fourth-order valence-electron chi connectivity index (χ4n) is 1.50. The van der Waals surface area contributed by atoms with Crippen LogP contribution in [-0.2, 0) is 16.6 Å². The Hall–Kier alpha value is -1.45. The van der Waals surface area contributed by atoms with Crippen molar-refractivity contribution in [2.75, 3.05) is 4.72 Å². The Morgan fingerprint density at radius 2 is 1.95 bits per heavy atom. The summed E-state index contributed by atoms with van der Waals surface area (Å²) < 4.78 is 52.7. The quantitative estimate of drug-likeness (QED) is 0.726. The van der Waals surface area contributed by atoms with Gasteiger partial charge in [0.15, 0.2) is 0 Å². The summed E-state index contributed by atoms with van der Waals surface area (Å²) in [7, 11) is -3.97. The van der Waals surface area contributed by atoms with Crippen molar-refractivity contribution in [3.05, 3.63) is 46.2 Å². The summed E-state index contributed by atoms with van der Waals surface area (Å²) in [5.74, 6) is -1.83. The number of benzene rings is 1. The third kappa shape index (κ3) is 3.00. The van der Waals surface area contributed by atoms with Gasteiger partial charge in [-0.05, 0) is 28.1 Å². The zero-order valence-electron chi connectivity index (χ0n) is 9.95. The van der Waals surface area contributed by atoms with Gasteiger partial charge in [0, 0.05) is 24.5 Å². The number of nitrogens with one attached hydrogen (secondary N) is 2. The lowest BCUT2D eigenvalue weighted by Gasteiger charge is -2.08. The third-order valence-corrected chi connectivity index (χ3v) is 4.45. The number of nitrogens with two attached hydrogens (primary N) is 1. The Balaban J connectivity index is 2.35. The summed E-state index contributed by atoms with van der Waals surface area (Å²) in [6, 6.07) is 2.93. The molecule has 2 aromatic rings. The van der Waals surface area contributed by atoms with Gasteiger partial charge in [-0.25, -0.2) is 17.2 Å². The number of aromatic amines is 1. The monoisotopic (exact) mass is 365 g/mol. The number of sulfonamides is 1. The van der Waals surface area contributed by atoms with E-state index in [2.05, 4.69) is 20.9 Å². The number of hydrogen-bond donors (Lipinski definition) is 3. The van der Waals surface area contributed by atoms with Gasteiger partial charge in [0.05, 0.1) is 10.2 Å². The maximum atomic E-state index is 13.5. The molecule has 5 nitrogen and oxygen atoms in total. The largest absolute Gasteiger partial charge is 0.363 e. The van der Waals surface area contributed by atoms with Crippen molar-refractivity contribution < 1.29 is 17.2 Å².